The molecular weight excluding hydrogens is 327 g/mol. The third-order valence-corrected chi connectivity index (χ3v) is 5.88. The molecule has 1 nitrogen and oxygen atoms in total. The molecule has 0 radical (unpaired) electrons. The molecule has 1 atom stereocenters. The molecule has 1 aromatic rings. The number of halogens is 1. The molecule has 2 heterocycles. The van der Waals surface area contributed by atoms with Gasteiger partial charge in [0.25, 0.3) is 0 Å². The van der Waals surface area contributed by atoms with Gasteiger partial charge in [-0.25, -0.2) is 0 Å². The molecule has 76 valence electrons. The molecule has 1 aromatic heterocycles. The summed E-state index contributed by atoms with van der Waals surface area (Å²) in [5.41, 5.74) is 0. The largest absolute Gasteiger partial charge is 0.292 e. The maximum absolute atomic E-state index is 12.1. The Kier molecular flexibility index (Phi) is 3.90. The summed E-state index contributed by atoms with van der Waals surface area (Å²) >= 11 is 5.66. The average Bonchev–Trinajstić information content (AvgIpc) is 2.65. The summed E-state index contributed by atoms with van der Waals surface area (Å²) < 4.78 is 1.11. The minimum absolute atomic E-state index is 0.232. The summed E-state index contributed by atoms with van der Waals surface area (Å²) in [6, 6.07) is 2.02. The molecular formula is C10H11IOS2. The maximum Gasteiger partial charge on any atom is 0.186 e. The number of hydrogen-bond acceptors (Lipinski definition) is 3. The number of hydrogen-bond donors (Lipinski definition) is 0. The van der Waals surface area contributed by atoms with Crippen LogP contribution in [0.1, 0.15) is 28.9 Å². The fourth-order valence-electron chi connectivity index (χ4n) is 1.56. The van der Waals surface area contributed by atoms with E-state index in [0.29, 0.717) is 5.78 Å². The standard InChI is InChI=1S/C10H11IOS2/c11-7-4-6-14-10(7)9(12)8-3-1-2-5-13-8/h4,6,8H,1-3,5H2. The van der Waals surface area contributed by atoms with Crippen molar-refractivity contribution in [2.45, 2.75) is 24.5 Å². The van der Waals surface area contributed by atoms with Crippen LogP contribution in [0.15, 0.2) is 11.4 Å². The van der Waals surface area contributed by atoms with E-state index < -0.39 is 0 Å². The Balaban J connectivity index is 2.11. The van der Waals surface area contributed by atoms with Crippen LogP contribution in [0.4, 0.5) is 0 Å². The Morgan fingerprint density at radius 2 is 2.36 bits per heavy atom. The first-order valence-electron chi connectivity index (χ1n) is 4.68. The quantitative estimate of drug-likeness (QED) is 0.602. The van der Waals surface area contributed by atoms with Crippen molar-refractivity contribution in [2.75, 3.05) is 5.75 Å². The summed E-state index contributed by atoms with van der Waals surface area (Å²) in [5, 5.41) is 2.23. The number of carbonyl (C=O) groups is 1. The van der Waals surface area contributed by atoms with Crippen molar-refractivity contribution in [3.05, 3.63) is 19.9 Å². The van der Waals surface area contributed by atoms with E-state index in [4.69, 9.17) is 0 Å². The first-order valence-corrected chi connectivity index (χ1v) is 7.68. The van der Waals surface area contributed by atoms with Gasteiger partial charge in [0.1, 0.15) is 0 Å². The number of ketones is 1. The van der Waals surface area contributed by atoms with Crippen LogP contribution in [0.2, 0.25) is 0 Å². The predicted molar refractivity (Wildman–Crippen MR) is 71.5 cm³/mol. The van der Waals surface area contributed by atoms with E-state index in [0.717, 1.165) is 20.6 Å². The lowest BCUT2D eigenvalue weighted by Crippen LogP contribution is -2.20. The van der Waals surface area contributed by atoms with Gasteiger partial charge in [-0.05, 0) is 52.6 Å². The molecule has 14 heavy (non-hydrogen) atoms. The Hall–Kier alpha value is 0.450. The normalized spacial score (nSPS) is 22.2. The molecule has 1 fully saturated rings. The smallest absolute Gasteiger partial charge is 0.186 e. The predicted octanol–water partition coefficient (Wildman–Crippen LogP) is 3.82. The highest BCUT2D eigenvalue weighted by Gasteiger charge is 2.24. The zero-order valence-electron chi connectivity index (χ0n) is 7.66. The number of carbonyl (C=O) groups excluding carboxylic acids is 1. The molecule has 1 unspecified atom stereocenters. The molecule has 2 rings (SSSR count). The van der Waals surface area contributed by atoms with E-state index in [-0.39, 0.29) is 5.25 Å². The molecule has 0 bridgehead atoms. The minimum Gasteiger partial charge on any atom is -0.292 e. The van der Waals surface area contributed by atoms with E-state index >= 15 is 0 Å². The zero-order chi connectivity index (χ0) is 9.97. The van der Waals surface area contributed by atoms with E-state index in [2.05, 4.69) is 22.6 Å². The van der Waals surface area contributed by atoms with E-state index in [1.54, 1.807) is 11.3 Å². The first kappa shape index (κ1) is 11.0. The second-order valence-electron chi connectivity index (χ2n) is 3.32. The van der Waals surface area contributed by atoms with Crippen molar-refractivity contribution in [3.63, 3.8) is 0 Å². The minimum atomic E-state index is 0.232. The maximum atomic E-state index is 12.1. The highest BCUT2D eigenvalue weighted by atomic mass is 127. The van der Waals surface area contributed by atoms with Crippen LogP contribution in [-0.4, -0.2) is 16.8 Å². The van der Waals surface area contributed by atoms with Gasteiger partial charge in [-0.15, -0.1) is 11.3 Å². The van der Waals surface area contributed by atoms with Crippen molar-refractivity contribution in [1.82, 2.24) is 0 Å². The van der Waals surface area contributed by atoms with Crippen LogP contribution in [0.3, 0.4) is 0 Å². The third-order valence-electron chi connectivity index (χ3n) is 2.31. The van der Waals surface area contributed by atoms with Crippen LogP contribution >= 0.6 is 45.7 Å². The van der Waals surface area contributed by atoms with Crippen molar-refractivity contribution in [1.29, 1.82) is 0 Å². The van der Waals surface area contributed by atoms with Crippen molar-refractivity contribution >= 4 is 51.5 Å². The summed E-state index contributed by atoms with van der Waals surface area (Å²) in [4.78, 5) is 13.0. The van der Waals surface area contributed by atoms with Gasteiger partial charge in [-0.2, -0.15) is 11.8 Å². The van der Waals surface area contributed by atoms with E-state index in [9.17, 15) is 4.79 Å². The van der Waals surface area contributed by atoms with Crippen molar-refractivity contribution in [3.8, 4) is 0 Å². The number of rotatable bonds is 2. The molecule has 0 aliphatic carbocycles. The first-order chi connectivity index (χ1) is 6.79. The highest BCUT2D eigenvalue weighted by Crippen LogP contribution is 2.30. The molecule has 0 N–H and O–H groups in total. The van der Waals surface area contributed by atoms with Crippen LogP contribution < -0.4 is 0 Å². The van der Waals surface area contributed by atoms with Gasteiger partial charge in [0.05, 0.1) is 10.1 Å². The molecule has 4 heteroatoms. The zero-order valence-corrected chi connectivity index (χ0v) is 11.5. The second-order valence-corrected chi connectivity index (χ2v) is 6.71. The fraction of sp³-hybridized carbons (Fsp3) is 0.500. The van der Waals surface area contributed by atoms with Gasteiger partial charge in [0.2, 0.25) is 0 Å². The van der Waals surface area contributed by atoms with Crippen molar-refractivity contribution < 1.29 is 4.79 Å². The molecule has 1 aliphatic heterocycles. The van der Waals surface area contributed by atoms with Gasteiger partial charge in [0, 0.05) is 3.57 Å². The van der Waals surface area contributed by atoms with E-state index in [1.807, 2.05) is 23.2 Å². The van der Waals surface area contributed by atoms with Crippen LogP contribution in [-0.2, 0) is 0 Å². The van der Waals surface area contributed by atoms with Crippen molar-refractivity contribution in [2.24, 2.45) is 0 Å². The SMILES string of the molecule is O=C(c1sccc1I)C1CCCCS1. The van der Waals surface area contributed by atoms with Gasteiger partial charge < -0.3 is 0 Å². The topological polar surface area (TPSA) is 17.1 Å². The van der Waals surface area contributed by atoms with Gasteiger partial charge in [0.15, 0.2) is 5.78 Å². The molecule has 0 spiro atoms. The number of thiophene rings is 1. The molecule has 1 saturated heterocycles. The number of thioether (sulfide) groups is 1. The molecule has 0 saturated carbocycles. The number of Topliss-reactive ketones (excluding diaryl/α,β-unsaturated/α-hetero) is 1. The highest BCUT2D eigenvalue weighted by molar-refractivity contribution is 14.1. The Morgan fingerprint density at radius 1 is 1.50 bits per heavy atom. The monoisotopic (exact) mass is 338 g/mol. The van der Waals surface area contributed by atoms with Gasteiger partial charge >= 0.3 is 0 Å². The third kappa shape index (κ3) is 2.33. The van der Waals surface area contributed by atoms with Gasteiger partial charge in [-0.3, -0.25) is 4.79 Å². The fourth-order valence-corrected chi connectivity index (χ4v) is 4.75. The average molecular weight is 338 g/mol. The van der Waals surface area contributed by atoms with Crippen LogP contribution in [0, 0.1) is 3.57 Å². The lowest BCUT2D eigenvalue weighted by Gasteiger charge is -2.19. The Bertz CT molecular complexity index is 329. The lowest BCUT2D eigenvalue weighted by molar-refractivity contribution is 0.0988. The van der Waals surface area contributed by atoms with Gasteiger partial charge in [-0.1, -0.05) is 6.42 Å². The summed E-state index contributed by atoms with van der Waals surface area (Å²) in [5.74, 6) is 1.51. The summed E-state index contributed by atoms with van der Waals surface area (Å²) in [6.07, 6.45) is 3.55. The van der Waals surface area contributed by atoms with Crippen LogP contribution in [0.25, 0.3) is 0 Å². The summed E-state index contributed by atoms with van der Waals surface area (Å²) in [6.45, 7) is 0. The molecule has 0 aromatic carbocycles. The Morgan fingerprint density at radius 3 is 2.93 bits per heavy atom. The Labute approximate surface area is 106 Å². The van der Waals surface area contributed by atoms with E-state index in [1.165, 1.54) is 12.8 Å². The summed E-state index contributed by atoms with van der Waals surface area (Å²) in [7, 11) is 0. The second kappa shape index (κ2) is 4.99. The van der Waals surface area contributed by atoms with Crippen LogP contribution in [0.5, 0.6) is 0 Å². The molecule has 1 aliphatic rings. The lowest BCUT2D eigenvalue weighted by atomic mass is 10.1. The molecule has 0 amide bonds.